The third-order valence-electron chi connectivity index (χ3n) is 4.07. The SMILES string of the molecule is Nc1c(C(=O)N2CCCCCC2CO)sc2cnccc12. The number of nitrogens with zero attached hydrogens (tertiary/aromatic N) is 2. The van der Waals surface area contributed by atoms with Gasteiger partial charge >= 0.3 is 0 Å². The number of aliphatic hydroxyl groups excluding tert-OH is 1. The second-order valence-electron chi connectivity index (χ2n) is 5.40. The van der Waals surface area contributed by atoms with Gasteiger partial charge in [0.05, 0.1) is 23.0 Å². The van der Waals surface area contributed by atoms with E-state index in [0.29, 0.717) is 17.1 Å². The summed E-state index contributed by atoms with van der Waals surface area (Å²) < 4.78 is 0.925. The summed E-state index contributed by atoms with van der Waals surface area (Å²) in [4.78, 5) is 19.3. The van der Waals surface area contributed by atoms with E-state index >= 15 is 0 Å². The van der Waals surface area contributed by atoms with Crippen LogP contribution in [-0.2, 0) is 0 Å². The molecule has 1 saturated heterocycles. The van der Waals surface area contributed by atoms with Crippen LogP contribution in [-0.4, -0.2) is 40.1 Å². The van der Waals surface area contributed by atoms with Gasteiger partial charge in [0, 0.05) is 24.3 Å². The molecule has 0 bridgehead atoms. The van der Waals surface area contributed by atoms with Crippen LogP contribution in [0.5, 0.6) is 0 Å². The van der Waals surface area contributed by atoms with Gasteiger partial charge < -0.3 is 15.7 Å². The Morgan fingerprint density at radius 3 is 3.10 bits per heavy atom. The zero-order valence-electron chi connectivity index (χ0n) is 11.8. The molecule has 1 amide bonds. The molecular formula is C15H19N3O2S. The van der Waals surface area contributed by atoms with Crippen molar-refractivity contribution in [2.75, 3.05) is 18.9 Å². The van der Waals surface area contributed by atoms with Crippen molar-refractivity contribution in [3.8, 4) is 0 Å². The molecule has 2 aromatic rings. The van der Waals surface area contributed by atoms with Crippen molar-refractivity contribution in [2.45, 2.75) is 31.7 Å². The maximum Gasteiger partial charge on any atom is 0.266 e. The van der Waals surface area contributed by atoms with Crippen LogP contribution in [0.15, 0.2) is 18.5 Å². The summed E-state index contributed by atoms with van der Waals surface area (Å²) in [6, 6.07) is 1.74. The highest BCUT2D eigenvalue weighted by molar-refractivity contribution is 7.21. The van der Waals surface area contributed by atoms with Crippen LogP contribution in [0.1, 0.15) is 35.4 Å². The number of amides is 1. The number of rotatable bonds is 2. The average molecular weight is 305 g/mol. The smallest absolute Gasteiger partial charge is 0.266 e. The Hall–Kier alpha value is -1.66. The molecule has 0 aliphatic carbocycles. The average Bonchev–Trinajstić information content (AvgIpc) is 2.71. The number of nitrogen functional groups attached to an aromatic ring is 1. The molecule has 0 spiro atoms. The molecule has 1 aliphatic rings. The van der Waals surface area contributed by atoms with Crippen LogP contribution >= 0.6 is 11.3 Å². The first-order chi connectivity index (χ1) is 10.2. The molecule has 0 aromatic carbocycles. The van der Waals surface area contributed by atoms with Crippen LogP contribution in [0.2, 0.25) is 0 Å². The Morgan fingerprint density at radius 2 is 2.33 bits per heavy atom. The number of nitrogens with two attached hydrogens (primary N) is 1. The number of aliphatic hydroxyl groups is 1. The van der Waals surface area contributed by atoms with Crippen molar-refractivity contribution in [2.24, 2.45) is 0 Å². The van der Waals surface area contributed by atoms with Gasteiger partial charge in [-0.05, 0) is 18.9 Å². The fraction of sp³-hybridized carbons (Fsp3) is 0.467. The van der Waals surface area contributed by atoms with Crippen LogP contribution < -0.4 is 5.73 Å². The summed E-state index contributed by atoms with van der Waals surface area (Å²) in [6.07, 6.45) is 7.41. The molecule has 1 atom stereocenters. The van der Waals surface area contributed by atoms with Gasteiger partial charge in [-0.15, -0.1) is 11.3 Å². The molecule has 6 heteroatoms. The lowest BCUT2D eigenvalue weighted by Crippen LogP contribution is -2.42. The van der Waals surface area contributed by atoms with E-state index in [-0.39, 0.29) is 18.6 Å². The topological polar surface area (TPSA) is 79.5 Å². The van der Waals surface area contributed by atoms with Crippen LogP contribution in [0.4, 0.5) is 5.69 Å². The van der Waals surface area contributed by atoms with Crippen molar-refractivity contribution in [1.29, 1.82) is 0 Å². The molecule has 3 heterocycles. The van der Waals surface area contributed by atoms with E-state index in [9.17, 15) is 9.90 Å². The van der Waals surface area contributed by atoms with E-state index in [2.05, 4.69) is 4.98 Å². The van der Waals surface area contributed by atoms with Gasteiger partial charge in [-0.2, -0.15) is 0 Å². The Morgan fingerprint density at radius 1 is 1.48 bits per heavy atom. The highest BCUT2D eigenvalue weighted by Gasteiger charge is 2.28. The number of anilines is 1. The lowest BCUT2D eigenvalue weighted by atomic mass is 10.1. The van der Waals surface area contributed by atoms with Gasteiger partial charge in [-0.25, -0.2) is 0 Å². The summed E-state index contributed by atoms with van der Waals surface area (Å²) >= 11 is 1.38. The Labute approximate surface area is 127 Å². The molecule has 2 aromatic heterocycles. The zero-order chi connectivity index (χ0) is 14.8. The largest absolute Gasteiger partial charge is 0.397 e. The third kappa shape index (κ3) is 2.61. The number of hydrogen-bond acceptors (Lipinski definition) is 5. The summed E-state index contributed by atoms with van der Waals surface area (Å²) in [7, 11) is 0. The minimum Gasteiger partial charge on any atom is -0.397 e. The molecule has 0 saturated carbocycles. The van der Waals surface area contributed by atoms with Gasteiger partial charge in [0.1, 0.15) is 4.88 Å². The number of aromatic nitrogens is 1. The minimum atomic E-state index is -0.0947. The molecule has 1 unspecified atom stereocenters. The van der Waals surface area contributed by atoms with E-state index in [0.717, 1.165) is 35.8 Å². The lowest BCUT2D eigenvalue weighted by Gasteiger charge is -2.28. The Kier molecular flexibility index (Phi) is 4.07. The van der Waals surface area contributed by atoms with E-state index in [4.69, 9.17) is 5.73 Å². The predicted octanol–water partition coefficient (Wildman–Crippen LogP) is 2.26. The third-order valence-corrected chi connectivity index (χ3v) is 5.22. The monoisotopic (exact) mass is 305 g/mol. The number of likely N-dealkylation sites (tertiary alicyclic amines) is 1. The second kappa shape index (κ2) is 5.99. The van der Waals surface area contributed by atoms with Crippen LogP contribution in [0.25, 0.3) is 10.1 Å². The standard InChI is InChI=1S/C15H19N3O2S/c16-13-11-5-6-17-8-12(11)21-14(13)15(20)18-7-3-1-2-4-10(18)9-19/h5-6,8,10,19H,1-4,7,9,16H2. The van der Waals surface area contributed by atoms with E-state index in [1.165, 1.54) is 11.3 Å². The van der Waals surface area contributed by atoms with Gasteiger partial charge in [-0.1, -0.05) is 12.8 Å². The minimum absolute atomic E-state index is 0.0120. The molecule has 21 heavy (non-hydrogen) atoms. The fourth-order valence-electron chi connectivity index (χ4n) is 2.89. The molecular weight excluding hydrogens is 286 g/mol. The van der Waals surface area contributed by atoms with E-state index < -0.39 is 0 Å². The van der Waals surface area contributed by atoms with Crippen molar-refractivity contribution in [3.63, 3.8) is 0 Å². The van der Waals surface area contributed by atoms with Crippen LogP contribution in [0, 0.1) is 0 Å². The number of carbonyl (C=O) groups is 1. The molecule has 112 valence electrons. The number of fused-ring (bicyclic) bond motifs is 1. The first-order valence-corrected chi connectivity index (χ1v) is 8.08. The van der Waals surface area contributed by atoms with Gasteiger partial charge in [-0.3, -0.25) is 9.78 Å². The number of pyridine rings is 1. The highest BCUT2D eigenvalue weighted by Crippen LogP contribution is 2.34. The van der Waals surface area contributed by atoms with Gasteiger partial charge in [0.2, 0.25) is 0 Å². The second-order valence-corrected chi connectivity index (χ2v) is 6.45. The fourth-order valence-corrected chi connectivity index (χ4v) is 3.94. The van der Waals surface area contributed by atoms with Gasteiger partial charge in [0.25, 0.3) is 5.91 Å². The normalized spacial score (nSPS) is 19.7. The predicted molar refractivity (Wildman–Crippen MR) is 84.4 cm³/mol. The number of carbonyl (C=O) groups excluding carboxylic acids is 1. The Bertz CT molecular complexity index is 655. The van der Waals surface area contributed by atoms with Crippen molar-refractivity contribution >= 4 is 33.0 Å². The lowest BCUT2D eigenvalue weighted by molar-refractivity contribution is 0.0605. The molecule has 0 radical (unpaired) electrons. The quantitative estimate of drug-likeness (QED) is 0.892. The van der Waals surface area contributed by atoms with Crippen molar-refractivity contribution in [3.05, 3.63) is 23.3 Å². The maximum atomic E-state index is 12.8. The molecule has 1 aliphatic heterocycles. The van der Waals surface area contributed by atoms with Crippen LogP contribution in [0.3, 0.4) is 0 Å². The first kappa shape index (κ1) is 14.3. The molecule has 3 rings (SSSR count). The number of hydrogen-bond donors (Lipinski definition) is 2. The van der Waals surface area contributed by atoms with Gasteiger partial charge in [0.15, 0.2) is 0 Å². The maximum absolute atomic E-state index is 12.8. The molecule has 1 fully saturated rings. The highest BCUT2D eigenvalue weighted by atomic mass is 32.1. The van der Waals surface area contributed by atoms with Crippen molar-refractivity contribution in [1.82, 2.24) is 9.88 Å². The summed E-state index contributed by atoms with van der Waals surface area (Å²) in [6.45, 7) is 0.702. The first-order valence-electron chi connectivity index (χ1n) is 7.26. The Balaban J connectivity index is 1.96. The summed E-state index contributed by atoms with van der Waals surface area (Å²) in [5, 5.41) is 10.4. The molecule has 5 nitrogen and oxygen atoms in total. The van der Waals surface area contributed by atoms with E-state index in [1.807, 2.05) is 6.07 Å². The number of thiophene rings is 1. The van der Waals surface area contributed by atoms with E-state index in [1.54, 1.807) is 17.3 Å². The zero-order valence-corrected chi connectivity index (χ0v) is 12.6. The van der Waals surface area contributed by atoms with Crippen molar-refractivity contribution < 1.29 is 9.90 Å². The summed E-state index contributed by atoms with van der Waals surface area (Å²) in [5.74, 6) is -0.0605. The molecule has 3 N–H and O–H groups in total. The summed E-state index contributed by atoms with van der Waals surface area (Å²) in [5.41, 5.74) is 6.68.